The summed E-state index contributed by atoms with van der Waals surface area (Å²) in [5, 5.41) is 3.86. The predicted octanol–water partition coefficient (Wildman–Crippen LogP) is 4.87. The summed E-state index contributed by atoms with van der Waals surface area (Å²) in [7, 11) is 0. The molecule has 0 aliphatic carbocycles. The third-order valence-electron chi connectivity index (χ3n) is 3.22. The standard InChI is InChI=1S/C16H20ClN3/c1-5-12-7-6-8-13(9-12)18-16-11(4)14(17)19-15(20-16)10(2)3/h6-10H,5H2,1-4H3,(H,18,19,20). The normalized spacial score (nSPS) is 10.9. The van der Waals surface area contributed by atoms with Gasteiger partial charge in [-0.15, -0.1) is 0 Å². The molecule has 0 spiro atoms. The molecule has 0 aliphatic rings. The van der Waals surface area contributed by atoms with Gasteiger partial charge in [-0.25, -0.2) is 9.97 Å². The lowest BCUT2D eigenvalue weighted by atomic mass is 10.1. The van der Waals surface area contributed by atoms with Crippen LogP contribution in [0.15, 0.2) is 24.3 Å². The molecule has 1 N–H and O–H groups in total. The molecule has 4 heteroatoms. The molecule has 0 radical (unpaired) electrons. The highest BCUT2D eigenvalue weighted by molar-refractivity contribution is 6.30. The van der Waals surface area contributed by atoms with Crippen LogP contribution in [0.1, 0.15) is 43.6 Å². The second kappa shape index (κ2) is 6.23. The average Bonchev–Trinajstić information content (AvgIpc) is 2.43. The van der Waals surface area contributed by atoms with Crippen molar-refractivity contribution in [3.63, 3.8) is 0 Å². The summed E-state index contributed by atoms with van der Waals surface area (Å²) < 4.78 is 0. The van der Waals surface area contributed by atoms with Gasteiger partial charge in [0.2, 0.25) is 0 Å². The maximum Gasteiger partial charge on any atom is 0.138 e. The van der Waals surface area contributed by atoms with E-state index < -0.39 is 0 Å². The Morgan fingerprint density at radius 1 is 1.25 bits per heavy atom. The summed E-state index contributed by atoms with van der Waals surface area (Å²) in [6.07, 6.45) is 1.01. The fraction of sp³-hybridized carbons (Fsp3) is 0.375. The lowest BCUT2D eigenvalue weighted by Crippen LogP contribution is -2.05. The molecule has 0 bridgehead atoms. The lowest BCUT2D eigenvalue weighted by Gasteiger charge is -2.13. The molecule has 1 aromatic heterocycles. The van der Waals surface area contributed by atoms with E-state index in [2.05, 4.69) is 48.2 Å². The Balaban J connectivity index is 2.37. The number of hydrogen-bond donors (Lipinski definition) is 1. The second-order valence-corrected chi connectivity index (χ2v) is 5.54. The van der Waals surface area contributed by atoms with E-state index in [-0.39, 0.29) is 5.92 Å². The fourth-order valence-corrected chi connectivity index (χ4v) is 2.07. The highest BCUT2D eigenvalue weighted by Gasteiger charge is 2.12. The van der Waals surface area contributed by atoms with E-state index in [9.17, 15) is 0 Å². The number of halogens is 1. The van der Waals surface area contributed by atoms with Crippen LogP contribution in [0.5, 0.6) is 0 Å². The third-order valence-corrected chi connectivity index (χ3v) is 3.59. The van der Waals surface area contributed by atoms with Gasteiger partial charge < -0.3 is 5.32 Å². The molecule has 1 heterocycles. The molecule has 2 aromatic rings. The molecule has 0 saturated heterocycles. The maximum absolute atomic E-state index is 6.20. The van der Waals surface area contributed by atoms with Crippen molar-refractivity contribution in [2.45, 2.75) is 40.0 Å². The summed E-state index contributed by atoms with van der Waals surface area (Å²) >= 11 is 6.20. The lowest BCUT2D eigenvalue weighted by molar-refractivity contribution is 0.773. The monoisotopic (exact) mass is 289 g/mol. The van der Waals surface area contributed by atoms with Gasteiger partial charge in [0.05, 0.1) is 0 Å². The summed E-state index contributed by atoms with van der Waals surface area (Å²) in [6.45, 7) is 8.19. The summed E-state index contributed by atoms with van der Waals surface area (Å²) in [5.41, 5.74) is 3.19. The Kier molecular flexibility index (Phi) is 4.61. The number of anilines is 2. The number of aryl methyl sites for hydroxylation is 1. The first-order chi connectivity index (χ1) is 9.51. The van der Waals surface area contributed by atoms with Crippen molar-refractivity contribution in [3.8, 4) is 0 Å². The largest absolute Gasteiger partial charge is 0.340 e. The van der Waals surface area contributed by atoms with Crippen molar-refractivity contribution in [1.29, 1.82) is 0 Å². The van der Waals surface area contributed by atoms with E-state index in [1.54, 1.807) is 0 Å². The van der Waals surface area contributed by atoms with E-state index in [0.717, 1.165) is 29.3 Å². The van der Waals surface area contributed by atoms with Crippen LogP contribution in [0.3, 0.4) is 0 Å². The van der Waals surface area contributed by atoms with Crippen LogP contribution in [0.25, 0.3) is 0 Å². The number of hydrogen-bond acceptors (Lipinski definition) is 3. The van der Waals surface area contributed by atoms with E-state index in [1.165, 1.54) is 5.56 Å². The number of benzene rings is 1. The minimum absolute atomic E-state index is 0.246. The number of nitrogens with one attached hydrogen (secondary N) is 1. The first-order valence-corrected chi connectivity index (χ1v) is 7.29. The third kappa shape index (κ3) is 3.28. The van der Waals surface area contributed by atoms with E-state index >= 15 is 0 Å². The van der Waals surface area contributed by atoms with Gasteiger partial charge in [0.25, 0.3) is 0 Å². The van der Waals surface area contributed by atoms with Crippen LogP contribution in [0.2, 0.25) is 5.15 Å². The molecule has 1 aromatic carbocycles. The Labute approximate surface area is 125 Å². The Hall–Kier alpha value is -1.61. The quantitative estimate of drug-likeness (QED) is 0.816. The zero-order valence-corrected chi connectivity index (χ0v) is 13.1. The van der Waals surface area contributed by atoms with Gasteiger partial charge in [-0.2, -0.15) is 0 Å². The highest BCUT2D eigenvalue weighted by Crippen LogP contribution is 2.26. The van der Waals surface area contributed by atoms with Crippen LogP contribution < -0.4 is 5.32 Å². The van der Waals surface area contributed by atoms with Crippen molar-refractivity contribution in [2.24, 2.45) is 0 Å². The van der Waals surface area contributed by atoms with Gasteiger partial charge in [0.15, 0.2) is 0 Å². The molecule has 0 unspecified atom stereocenters. The van der Waals surface area contributed by atoms with Crippen molar-refractivity contribution >= 4 is 23.1 Å². The molecule has 106 valence electrons. The van der Waals surface area contributed by atoms with Crippen LogP contribution in [0, 0.1) is 6.92 Å². The first-order valence-electron chi connectivity index (χ1n) is 6.91. The van der Waals surface area contributed by atoms with E-state index in [1.807, 2.05) is 19.1 Å². The molecule has 0 atom stereocenters. The van der Waals surface area contributed by atoms with Crippen LogP contribution in [-0.4, -0.2) is 9.97 Å². The van der Waals surface area contributed by atoms with Crippen LogP contribution >= 0.6 is 11.6 Å². The van der Waals surface area contributed by atoms with Crippen LogP contribution in [-0.2, 0) is 6.42 Å². The van der Waals surface area contributed by atoms with Crippen molar-refractivity contribution < 1.29 is 0 Å². The Morgan fingerprint density at radius 3 is 2.65 bits per heavy atom. The van der Waals surface area contributed by atoms with Gasteiger partial charge in [0.1, 0.15) is 16.8 Å². The number of rotatable bonds is 4. The molecule has 20 heavy (non-hydrogen) atoms. The summed E-state index contributed by atoms with van der Waals surface area (Å²) in [5.74, 6) is 1.78. The smallest absolute Gasteiger partial charge is 0.138 e. The van der Waals surface area contributed by atoms with Gasteiger partial charge in [-0.1, -0.05) is 44.5 Å². The summed E-state index contributed by atoms with van der Waals surface area (Å²) in [6, 6.07) is 8.32. The zero-order chi connectivity index (χ0) is 14.7. The van der Waals surface area contributed by atoms with Gasteiger partial charge >= 0.3 is 0 Å². The molecular formula is C16H20ClN3. The minimum Gasteiger partial charge on any atom is -0.340 e. The second-order valence-electron chi connectivity index (χ2n) is 5.18. The number of aromatic nitrogens is 2. The average molecular weight is 290 g/mol. The molecule has 0 saturated carbocycles. The first kappa shape index (κ1) is 14.8. The van der Waals surface area contributed by atoms with Gasteiger partial charge in [-0.3, -0.25) is 0 Å². The van der Waals surface area contributed by atoms with Gasteiger partial charge in [-0.05, 0) is 31.0 Å². The summed E-state index contributed by atoms with van der Waals surface area (Å²) in [4.78, 5) is 8.90. The topological polar surface area (TPSA) is 37.8 Å². The van der Waals surface area contributed by atoms with Crippen molar-refractivity contribution in [2.75, 3.05) is 5.32 Å². The Bertz CT molecular complexity index is 609. The number of nitrogens with zero attached hydrogens (tertiary/aromatic N) is 2. The predicted molar refractivity (Wildman–Crippen MR) is 85.0 cm³/mol. The van der Waals surface area contributed by atoms with E-state index in [4.69, 9.17) is 11.6 Å². The van der Waals surface area contributed by atoms with Gasteiger partial charge in [0, 0.05) is 17.2 Å². The SMILES string of the molecule is CCc1cccc(Nc2nc(C(C)C)nc(Cl)c2C)c1. The molecule has 0 aliphatic heterocycles. The molecular weight excluding hydrogens is 270 g/mol. The zero-order valence-electron chi connectivity index (χ0n) is 12.4. The van der Waals surface area contributed by atoms with Crippen LogP contribution in [0.4, 0.5) is 11.5 Å². The van der Waals surface area contributed by atoms with Crippen molar-refractivity contribution in [1.82, 2.24) is 9.97 Å². The molecule has 0 amide bonds. The highest BCUT2D eigenvalue weighted by atomic mass is 35.5. The Morgan fingerprint density at radius 2 is 2.00 bits per heavy atom. The van der Waals surface area contributed by atoms with Crippen molar-refractivity contribution in [3.05, 3.63) is 46.4 Å². The maximum atomic E-state index is 6.20. The molecule has 0 fully saturated rings. The van der Waals surface area contributed by atoms with E-state index in [0.29, 0.717) is 5.15 Å². The molecule has 2 rings (SSSR count). The molecule has 3 nitrogen and oxygen atoms in total. The fourth-order valence-electron chi connectivity index (χ4n) is 1.89. The minimum atomic E-state index is 0.246.